The number of rotatable bonds is 2. The van der Waals surface area contributed by atoms with Gasteiger partial charge < -0.3 is 0 Å². The first-order valence-corrected chi connectivity index (χ1v) is 6.35. The fourth-order valence-corrected chi connectivity index (χ4v) is 3.09. The summed E-state index contributed by atoms with van der Waals surface area (Å²) < 4.78 is 0. The van der Waals surface area contributed by atoms with E-state index < -0.39 is 0 Å². The van der Waals surface area contributed by atoms with Gasteiger partial charge in [0.25, 0.3) is 0 Å². The maximum atomic E-state index is 11.4. The minimum Gasteiger partial charge on any atom is -0.300 e. The third-order valence-corrected chi connectivity index (χ3v) is 4.10. The molecule has 86 valence electrons. The molecule has 2 nitrogen and oxygen atoms in total. The summed E-state index contributed by atoms with van der Waals surface area (Å²) in [4.78, 5) is 14.0. The molecule has 1 aliphatic heterocycles. The van der Waals surface area contributed by atoms with Crippen LogP contribution in [0.3, 0.4) is 0 Å². The van der Waals surface area contributed by atoms with Gasteiger partial charge in [0.2, 0.25) is 0 Å². The SMILES string of the molecule is CC1(C)CC(=O)CCN1CC1CCCC1. The van der Waals surface area contributed by atoms with Crippen LogP contribution in [0.25, 0.3) is 0 Å². The first kappa shape index (κ1) is 11.1. The number of Topliss-reactive ketones (excluding diaryl/α,β-unsaturated/α-hetero) is 1. The van der Waals surface area contributed by atoms with Crippen LogP contribution in [0.15, 0.2) is 0 Å². The Morgan fingerprint density at radius 1 is 1.33 bits per heavy atom. The van der Waals surface area contributed by atoms with Crippen LogP contribution in [0, 0.1) is 5.92 Å². The molecular weight excluding hydrogens is 186 g/mol. The molecule has 2 heteroatoms. The van der Waals surface area contributed by atoms with E-state index in [4.69, 9.17) is 0 Å². The van der Waals surface area contributed by atoms with Gasteiger partial charge in [-0.15, -0.1) is 0 Å². The number of likely N-dealkylation sites (tertiary alicyclic amines) is 1. The molecule has 0 bridgehead atoms. The summed E-state index contributed by atoms with van der Waals surface area (Å²) in [6.45, 7) is 6.65. The predicted molar refractivity (Wildman–Crippen MR) is 61.9 cm³/mol. The molecule has 0 aromatic rings. The molecule has 1 heterocycles. The summed E-state index contributed by atoms with van der Waals surface area (Å²) in [7, 11) is 0. The first-order valence-electron chi connectivity index (χ1n) is 6.35. The Bertz CT molecular complexity index is 241. The van der Waals surface area contributed by atoms with Crippen LogP contribution in [0.2, 0.25) is 0 Å². The monoisotopic (exact) mass is 209 g/mol. The van der Waals surface area contributed by atoms with Crippen molar-refractivity contribution < 1.29 is 4.79 Å². The van der Waals surface area contributed by atoms with Gasteiger partial charge in [-0.25, -0.2) is 0 Å². The van der Waals surface area contributed by atoms with Gasteiger partial charge in [0.1, 0.15) is 5.78 Å². The van der Waals surface area contributed by atoms with E-state index in [9.17, 15) is 4.79 Å². The number of hydrogen-bond donors (Lipinski definition) is 0. The Morgan fingerprint density at radius 2 is 2.00 bits per heavy atom. The average molecular weight is 209 g/mol. The molecule has 0 aromatic carbocycles. The highest BCUT2D eigenvalue weighted by molar-refractivity contribution is 5.80. The van der Waals surface area contributed by atoms with Crippen molar-refractivity contribution in [2.45, 2.75) is 57.9 Å². The molecule has 1 saturated carbocycles. The molecule has 0 unspecified atom stereocenters. The summed E-state index contributed by atoms with van der Waals surface area (Å²) in [6.07, 6.45) is 7.16. The summed E-state index contributed by atoms with van der Waals surface area (Å²) in [5.41, 5.74) is 0.109. The molecule has 0 amide bonds. The molecule has 0 N–H and O–H groups in total. The second-order valence-corrected chi connectivity index (χ2v) is 5.87. The molecule has 2 fully saturated rings. The van der Waals surface area contributed by atoms with Crippen molar-refractivity contribution in [1.29, 1.82) is 0 Å². The van der Waals surface area contributed by atoms with Crippen LogP contribution in [0.1, 0.15) is 52.4 Å². The lowest BCUT2D eigenvalue weighted by Crippen LogP contribution is -2.51. The topological polar surface area (TPSA) is 20.3 Å². The van der Waals surface area contributed by atoms with Crippen molar-refractivity contribution in [1.82, 2.24) is 4.90 Å². The molecule has 0 radical (unpaired) electrons. The smallest absolute Gasteiger partial charge is 0.136 e. The van der Waals surface area contributed by atoms with Gasteiger partial charge in [-0.2, -0.15) is 0 Å². The van der Waals surface area contributed by atoms with E-state index >= 15 is 0 Å². The molecule has 0 aromatic heterocycles. The maximum absolute atomic E-state index is 11.4. The quantitative estimate of drug-likeness (QED) is 0.697. The highest BCUT2D eigenvalue weighted by Crippen LogP contribution is 2.31. The van der Waals surface area contributed by atoms with Crippen molar-refractivity contribution >= 4 is 5.78 Å². The van der Waals surface area contributed by atoms with Gasteiger partial charge in [0.15, 0.2) is 0 Å². The number of carbonyl (C=O) groups is 1. The zero-order valence-electron chi connectivity index (χ0n) is 10.1. The molecule has 0 spiro atoms. The van der Waals surface area contributed by atoms with Crippen LogP contribution in [-0.2, 0) is 4.79 Å². The van der Waals surface area contributed by atoms with E-state index in [1.165, 1.54) is 32.2 Å². The Balaban J connectivity index is 1.92. The molecule has 1 aliphatic carbocycles. The number of nitrogens with zero attached hydrogens (tertiary/aromatic N) is 1. The van der Waals surface area contributed by atoms with Crippen molar-refractivity contribution in [3.8, 4) is 0 Å². The molecule has 0 atom stereocenters. The van der Waals surface area contributed by atoms with Crippen LogP contribution in [-0.4, -0.2) is 29.3 Å². The zero-order valence-corrected chi connectivity index (χ0v) is 10.1. The second-order valence-electron chi connectivity index (χ2n) is 5.87. The van der Waals surface area contributed by atoms with Crippen molar-refractivity contribution in [3.63, 3.8) is 0 Å². The zero-order chi connectivity index (χ0) is 10.9. The number of ketones is 1. The minimum atomic E-state index is 0.109. The normalized spacial score (nSPS) is 28.5. The van der Waals surface area contributed by atoms with Gasteiger partial charge in [0.05, 0.1) is 0 Å². The summed E-state index contributed by atoms with van der Waals surface area (Å²) in [6, 6.07) is 0. The van der Waals surface area contributed by atoms with E-state index in [2.05, 4.69) is 18.7 Å². The van der Waals surface area contributed by atoms with Gasteiger partial charge in [-0.3, -0.25) is 9.69 Å². The average Bonchev–Trinajstić information content (AvgIpc) is 2.61. The van der Waals surface area contributed by atoms with Crippen molar-refractivity contribution in [2.75, 3.05) is 13.1 Å². The van der Waals surface area contributed by atoms with Crippen molar-refractivity contribution in [3.05, 3.63) is 0 Å². The van der Waals surface area contributed by atoms with E-state index in [1.54, 1.807) is 0 Å². The minimum absolute atomic E-state index is 0.109. The van der Waals surface area contributed by atoms with Gasteiger partial charge in [0, 0.05) is 31.5 Å². The van der Waals surface area contributed by atoms with Crippen LogP contribution >= 0.6 is 0 Å². The number of piperidine rings is 1. The van der Waals surface area contributed by atoms with Crippen molar-refractivity contribution in [2.24, 2.45) is 5.92 Å². The van der Waals surface area contributed by atoms with E-state index in [1.807, 2.05) is 0 Å². The lowest BCUT2D eigenvalue weighted by molar-refractivity contribution is -0.125. The highest BCUT2D eigenvalue weighted by atomic mass is 16.1. The van der Waals surface area contributed by atoms with E-state index in [0.29, 0.717) is 5.78 Å². The fourth-order valence-electron chi connectivity index (χ4n) is 3.09. The third-order valence-electron chi connectivity index (χ3n) is 4.10. The third kappa shape index (κ3) is 2.60. The van der Waals surface area contributed by atoms with Gasteiger partial charge in [-0.05, 0) is 32.6 Å². The molecule has 15 heavy (non-hydrogen) atoms. The highest BCUT2D eigenvalue weighted by Gasteiger charge is 2.35. The largest absolute Gasteiger partial charge is 0.300 e. The lowest BCUT2D eigenvalue weighted by atomic mass is 9.88. The fraction of sp³-hybridized carbons (Fsp3) is 0.923. The Labute approximate surface area is 93.0 Å². The Morgan fingerprint density at radius 3 is 2.60 bits per heavy atom. The van der Waals surface area contributed by atoms with E-state index in [-0.39, 0.29) is 5.54 Å². The summed E-state index contributed by atoms with van der Waals surface area (Å²) in [5, 5.41) is 0. The molecule has 2 rings (SSSR count). The predicted octanol–water partition coefficient (Wildman–Crippen LogP) is 2.62. The number of hydrogen-bond acceptors (Lipinski definition) is 2. The van der Waals surface area contributed by atoms with Gasteiger partial charge >= 0.3 is 0 Å². The number of carbonyl (C=O) groups excluding carboxylic acids is 1. The standard InChI is InChI=1S/C13H23NO/c1-13(2)9-12(15)7-8-14(13)10-11-5-3-4-6-11/h11H,3-10H2,1-2H3. The first-order chi connectivity index (χ1) is 7.08. The van der Waals surface area contributed by atoms with Gasteiger partial charge in [-0.1, -0.05) is 12.8 Å². The summed E-state index contributed by atoms with van der Waals surface area (Å²) in [5.74, 6) is 1.35. The molecule has 2 aliphatic rings. The second kappa shape index (κ2) is 4.25. The van der Waals surface area contributed by atoms with Crippen LogP contribution < -0.4 is 0 Å². The lowest BCUT2D eigenvalue weighted by Gasteiger charge is -2.43. The van der Waals surface area contributed by atoms with E-state index in [0.717, 1.165) is 25.3 Å². The molecular formula is C13H23NO. The Kier molecular flexibility index (Phi) is 3.15. The van der Waals surface area contributed by atoms with Crippen LogP contribution in [0.5, 0.6) is 0 Å². The van der Waals surface area contributed by atoms with Crippen LogP contribution in [0.4, 0.5) is 0 Å². The summed E-state index contributed by atoms with van der Waals surface area (Å²) >= 11 is 0. The Hall–Kier alpha value is -0.370. The molecule has 1 saturated heterocycles. The maximum Gasteiger partial charge on any atom is 0.136 e.